The molecule has 0 radical (unpaired) electrons. The van der Waals surface area contributed by atoms with Crippen molar-refractivity contribution in [2.45, 2.75) is 25.3 Å². The van der Waals surface area contributed by atoms with Gasteiger partial charge in [0.1, 0.15) is 0 Å². The van der Waals surface area contributed by atoms with Gasteiger partial charge in [-0.2, -0.15) is 0 Å². The molecule has 1 saturated heterocycles. The number of likely N-dealkylation sites (tertiary alicyclic amines) is 1. The number of benzene rings is 1. The molecule has 2 rings (SSSR count). The molecule has 0 aliphatic carbocycles. The van der Waals surface area contributed by atoms with Gasteiger partial charge in [-0.3, -0.25) is 14.9 Å². The molecule has 21 heavy (non-hydrogen) atoms. The summed E-state index contributed by atoms with van der Waals surface area (Å²) in [5, 5.41) is 13.9. The number of nitro benzene ring substituents is 1. The highest BCUT2D eigenvalue weighted by Crippen LogP contribution is 2.24. The van der Waals surface area contributed by atoms with E-state index in [-0.39, 0.29) is 18.0 Å². The van der Waals surface area contributed by atoms with E-state index in [0.717, 1.165) is 31.5 Å². The van der Waals surface area contributed by atoms with Gasteiger partial charge in [0.05, 0.1) is 11.3 Å². The van der Waals surface area contributed by atoms with Crippen LogP contribution in [0.4, 0.5) is 5.69 Å². The van der Waals surface area contributed by atoms with Gasteiger partial charge in [-0.15, -0.1) is 0 Å². The first-order chi connectivity index (χ1) is 10.0. The Balaban J connectivity index is 2.04. The first-order valence-corrected chi connectivity index (χ1v) is 7.68. The summed E-state index contributed by atoms with van der Waals surface area (Å²) in [6.07, 6.45) is 2.34. The van der Waals surface area contributed by atoms with Crippen molar-refractivity contribution >= 4 is 27.5 Å². The normalized spacial score (nSPS) is 18.6. The van der Waals surface area contributed by atoms with Crippen LogP contribution in [0.1, 0.15) is 18.4 Å². The average Bonchev–Trinajstić information content (AvgIpc) is 2.49. The predicted octanol–water partition coefficient (Wildman–Crippen LogP) is 2.11. The second kappa shape index (κ2) is 7.00. The lowest BCUT2D eigenvalue weighted by molar-refractivity contribution is -0.384. The van der Waals surface area contributed by atoms with E-state index in [4.69, 9.17) is 0 Å². The number of carbonyl (C=O) groups is 1. The molecule has 1 unspecified atom stereocenters. The highest BCUT2D eigenvalue weighted by molar-refractivity contribution is 9.10. The number of nitrogens with zero attached hydrogens (tertiary/aromatic N) is 2. The summed E-state index contributed by atoms with van der Waals surface area (Å²) >= 11 is 3.31. The minimum atomic E-state index is -0.446. The van der Waals surface area contributed by atoms with Gasteiger partial charge in [0.15, 0.2) is 0 Å². The number of non-ortho nitro benzene ring substituents is 1. The fourth-order valence-electron chi connectivity index (χ4n) is 2.51. The molecule has 1 heterocycles. The van der Waals surface area contributed by atoms with Crippen molar-refractivity contribution in [2.75, 3.05) is 20.1 Å². The Bertz CT molecular complexity index is 550. The Kier molecular flexibility index (Phi) is 5.30. The van der Waals surface area contributed by atoms with Gasteiger partial charge in [0.2, 0.25) is 5.91 Å². The monoisotopic (exact) mass is 355 g/mol. The summed E-state index contributed by atoms with van der Waals surface area (Å²) in [5.74, 6) is 0.0597. The van der Waals surface area contributed by atoms with Crippen molar-refractivity contribution in [1.29, 1.82) is 0 Å². The topological polar surface area (TPSA) is 75.5 Å². The van der Waals surface area contributed by atoms with Crippen LogP contribution in [0.25, 0.3) is 0 Å². The second-order valence-corrected chi connectivity index (χ2v) is 6.03. The van der Waals surface area contributed by atoms with Gasteiger partial charge in [0.25, 0.3) is 5.69 Å². The minimum absolute atomic E-state index is 0.0197. The van der Waals surface area contributed by atoms with Gasteiger partial charge in [-0.1, -0.05) is 22.0 Å². The molecule has 0 bridgehead atoms. The van der Waals surface area contributed by atoms with Gasteiger partial charge >= 0.3 is 0 Å². The third-order valence-electron chi connectivity index (χ3n) is 3.77. The maximum absolute atomic E-state index is 12.3. The molecule has 1 aromatic rings. The largest absolute Gasteiger partial charge is 0.341 e. The van der Waals surface area contributed by atoms with E-state index in [0.29, 0.717) is 10.5 Å². The number of likely N-dealkylation sites (N-methyl/N-ethyl adjacent to an activating group) is 1. The smallest absolute Gasteiger partial charge is 0.270 e. The molecular formula is C14H18BrN3O3. The number of amides is 1. The van der Waals surface area contributed by atoms with Crippen molar-refractivity contribution in [3.63, 3.8) is 0 Å². The Morgan fingerprint density at radius 1 is 1.57 bits per heavy atom. The predicted molar refractivity (Wildman–Crippen MR) is 83.2 cm³/mol. The molecule has 0 saturated carbocycles. The molecule has 6 nitrogen and oxygen atoms in total. The number of nitro groups is 1. The molecule has 1 fully saturated rings. The fraction of sp³-hybridized carbons (Fsp3) is 0.500. The fourth-order valence-corrected chi connectivity index (χ4v) is 3.01. The highest BCUT2D eigenvalue weighted by atomic mass is 79.9. The average molecular weight is 356 g/mol. The van der Waals surface area contributed by atoms with E-state index in [9.17, 15) is 14.9 Å². The van der Waals surface area contributed by atoms with Gasteiger partial charge in [-0.25, -0.2) is 0 Å². The summed E-state index contributed by atoms with van der Waals surface area (Å²) < 4.78 is 0.604. The Morgan fingerprint density at radius 2 is 2.33 bits per heavy atom. The lowest BCUT2D eigenvalue weighted by atomic mass is 10.0. The maximum atomic E-state index is 12.3. The lowest BCUT2D eigenvalue weighted by Gasteiger charge is -2.32. The van der Waals surface area contributed by atoms with Crippen LogP contribution < -0.4 is 5.32 Å². The number of hydrogen-bond acceptors (Lipinski definition) is 4. The van der Waals surface area contributed by atoms with Crippen LogP contribution in [0, 0.1) is 10.1 Å². The van der Waals surface area contributed by atoms with Gasteiger partial charge < -0.3 is 10.2 Å². The van der Waals surface area contributed by atoms with Crippen molar-refractivity contribution in [3.8, 4) is 0 Å². The van der Waals surface area contributed by atoms with E-state index in [2.05, 4.69) is 21.2 Å². The maximum Gasteiger partial charge on any atom is 0.270 e. The molecule has 0 aromatic heterocycles. The summed E-state index contributed by atoms with van der Waals surface area (Å²) in [6.45, 7) is 1.50. The van der Waals surface area contributed by atoms with E-state index in [1.165, 1.54) is 12.1 Å². The zero-order chi connectivity index (χ0) is 15.4. The molecular weight excluding hydrogens is 338 g/mol. The minimum Gasteiger partial charge on any atom is -0.341 e. The molecule has 1 atom stereocenters. The molecule has 1 aliphatic rings. The molecule has 0 spiro atoms. The molecule has 1 aliphatic heterocycles. The van der Waals surface area contributed by atoms with Crippen LogP contribution in [0.5, 0.6) is 0 Å². The van der Waals surface area contributed by atoms with Crippen LogP contribution in [0.2, 0.25) is 0 Å². The quantitative estimate of drug-likeness (QED) is 0.662. The lowest BCUT2D eigenvalue weighted by Crippen LogP contribution is -2.47. The van der Waals surface area contributed by atoms with Crippen molar-refractivity contribution in [1.82, 2.24) is 10.2 Å². The number of halogens is 1. The van der Waals surface area contributed by atoms with Crippen LogP contribution in [0.3, 0.4) is 0 Å². The Labute approximate surface area is 131 Å². The van der Waals surface area contributed by atoms with Gasteiger partial charge in [-0.05, 0) is 25.5 Å². The van der Waals surface area contributed by atoms with Gasteiger partial charge in [0, 0.05) is 35.7 Å². The number of carbonyl (C=O) groups excluding carboxylic acids is 1. The van der Waals surface area contributed by atoms with E-state index in [1.54, 1.807) is 6.07 Å². The van der Waals surface area contributed by atoms with E-state index >= 15 is 0 Å². The van der Waals surface area contributed by atoms with Crippen LogP contribution in [0.15, 0.2) is 22.7 Å². The standard InChI is InChI=1S/C14H18BrN3O3/c1-16-11-3-2-6-17(9-11)14(19)7-10-4-5-12(18(20)21)8-13(10)15/h4-5,8,11,16H,2-3,6-7,9H2,1H3. The van der Waals surface area contributed by atoms with Crippen LogP contribution in [-0.2, 0) is 11.2 Å². The van der Waals surface area contributed by atoms with Crippen molar-refractivity contribution in [2.24, 2.45) is 0 Å². The summed E-state index contributed by atoms with van der Waals surface area (Å²) in [7, 11) is 1.91. The highest BCUT2D eigenvalue weighted by Gasteiger charge is 2.23. The molecule has 1 amide bonds. The molecule has 114 valence electrons. The Morgan fingerprint density at radius 3 is 2.95 bits per heavy atom. The number of hydrogen-bond donors (Lipinski definition) is 1. The zero-order valence-electron chi connectivity index (χ0n) is 11.8. The first kappa shape index (κ1) is 15.9. The number of nitrogens with one attached hydrogen (secondary N) is 1. The summed E-state index contributed by atoms with van der Waals surface area (Å²) in [6, 6.07) is 4.86. The number of rotatable bonds is 4. The Hall–Kier alpha value is -1.47. The van der Waals surface area contributed by atoms with Crippen LogP contribution in [-0.4, -0.2) is 41.9 Å². The van der Waals surface area contributed by atoms with E-state index < -0.39 is 4.92 Å². The van der Waals surface area contributed by atoms with E-state index in [1.807, 2.05) is 11.9 Å². The molecule has 1 aromatic carbocycles. The first-order valence-electron chi connectivity index (χ1n) is 6.89. The second-order valence-electron chi connectivity index (χ2n) is 5.18. The van der Waals surface area contributed by atoms with Crippen LogP contribution >= 0.6 is 15.9 Å². The summed E-state index contributed by atoms with van der Waals surface area (Å²) in [5.41, 5.74) is 0.795. The third-order valence-corrected chi connectivity index (χ3v) is 4.51. The zero-order valence-corrected chi connectivity index (χ0v) is 13.4. The molecule has 7 heteroatoms. The SMILES string of the molecule is CNC1CCCN(C(=O)Cc2ccc([N+](=O)[O-])cc2Br)C1. The van der Waals surface area contributed by atoms with Crippen molar-refractivity contribution < 1.29 is 9.72 Å². The summed E-state index contributed by atoms with van der Waals surface area (Å²) in [4.78, 5) is 24.5. The molecule has 1 N–H and O–H groups in total. The van der Waals surface area contributed by atoms with Crippen molar-refractivity contribution in [3.05, 3.63) is 38.3 Å². The third kappa shape index (κ3) is 4.01. The number of piperidine rings is 1.